The molecule has 1 aliphatic heterocycles. The van der Waals surface area contributed by atoms with E-state index in [0.717, 1.165) is 25.0 Å². The third-order valence-electron chi connectivity index (χ3n) is 5.65. The number of hydrogen-bond donors (Lipinski definition) is 0. The summed E-state index contributed by atoms with van der Waals surface area (Å²) in [5.41, 5.74) is 0.566. The summed E-state index contributed by atoms with van der Waals surface area (Å²) < 4.78 is 16.4. The second-order valence-corrected chi connectivity index (χ2v) is 7.34. The van der Waals surface area contributed by atoms with Crippen LogP contribution in [0, 0.1) is 17.7 Å². The van der Waals surface area contributed by atoms with E-state index in [4.69, 9.17) is 0 Å². The van der Waals surface area contributed by atoms with E-state index in [1.54, 1.807) is 6.07 Å². The summed E-state index contributed by atoms with van der Waals surface area (Å²) >= 11 is 0. The first-order valence-corrected chi connectivity index (χ1v) is 8.74. The van der Waals surface area contributed by atoms with Gasteiger partial charge in [0.15, 0.2) is 5.82 Å². The van der Waals surface area contributed by atoms with Gasteiger partial charge in [-0.05, 0) is 56.1 Å². The van der Waals surface area contributed by atoms with E-state index in [2.05, 4.69) is 19.7 Å². The minimum Gasteiger partial charge on any atom is -0.338 e. The molecule has 1 saturated heterocycles. The predicted molar refractivity (Wildman–Crippen MR) is 86.6 cm³/mol. The van der Waals surface area contributed by atoms with Crippen LogP contribution in [0.2, 0.25) is 0 Å². The molecule has 2 bridgehead atoms. The second-order valence-electron chi connectivity index (χ2n) is 7.34. The normalized spacial score (nSPS) is 26.2. The zero-order valence-corrected chi connectivity index (χ0v) is 13.2. The van der Waals surface area contributed by atoms with E-state index in [0.29, 0.717) is 23.3 Å². The molecule has 120 valence electrons. The molecule has 0 spiro atoms. The highest BCUT2D eigenvalue weighted by Crippen LogP contribution is 2.41. The van der Waals surface area contributed by atoms with Crippen molar-refractivity contribution in [2.24, 2.45) is 11.8 Å². The lowest BCUT2D eigenvalue weighted by Crippen LogP contribution is -2.34. The maximum atomic E-state index is 14.3. The van der Waals surface area contributed by atoms with Crippen molar-refractivity contribution in [1.29, 1.82) is 0 Å². The maximum Gasteiger partial charge on any atom is 0.227 e. The monoisotopic (exact) mass is 312 g/mol. The van der Waals surface area contributed by atoms with Gasteiger partial charge in [0.1, 0.15) is 5.82 Å². The summed E-state index contributed by atoms with van der Waals surface area (Å²) in [6.07, 6.45) is 6.42. The van der Waals surface area contributed by atoms with Crippen molar-refractivity contribution in [2.45, 2.75) is 44.7 Å². The van der Waals surface area contributed by atoms with Crippen LogP contribution in [-0.4, -0.2) is 27.4 Å². The first kappa shape index (κ1) is 13.5. The first-order valence-electron chi connectivity index (χ1n) is 8.74. The Morgan fingerprint density at radius 2 is 1.96 bits per heavy atom. The Morgan fingerprint density at radius 3 is 2.65 bits per heavy atom. The van der Waals surface area contributed by atoms with Crippen molar-refractivity contribution in [1.82, 2.24) is 14.8 Å². The van der Waals surface area contributed by atoms with Gasteiger partial charge in [-0.1, -0.05) is 12.1 Å². The average Bonchev–Trinajstić information content (AvgIpc) is 2.97. The van der Waals surface area contributed by atoms with Gasteiger partial charge >= 0.3 is 0 Å². The number of benzene rings is 1. The number of piperidine rings is 1. The van der Waals surface area contributed by atoms with Crippen LogP contribution in [-0.2, 0) is 6.54 Å². The van der Waals surface area contributed by atoms with E-state index in [1.807, 2.05) is 12.1 Å². The largest absolute Gasteiger partial charge is 0.338 e. The number of anilines is 1. The third-order valence-corrected chi connectivity index (χ3v) is 5.65. The minimum absolute atomic E-state index is 0.216. The van der Waals surface area contributed by atoms with Crippen LogP contribution in [0.5, 0.6) is 0 Å². The first-order chi connectivity index (χ1) is 11.3. The molecule has 3 fully saturated rings. The zero-order valence-electron chi connectivity index (χ0n) is 13.2. The van der Waals surface area contributed by atoms with Crippen molar-refractivity contribution in [3.63, 3.8) is 0 Å². The molecular formula is C18H21FN4. The maximum absolute atomic E-state index is 14.3. The molecule has 2 saturated carbocycles. The van der Waals surface area contributed by atoms with E-state index in [-0.39, 0.29) is 5.82 Å². The molecule has 2 unspecified atom stereocenters. The topological polar surface area (TPSA) is 34.0 Å². The molecule has 4 nitrogen and oxygen atoms in total. The molecule has 2 aliphatic carbocycles. The summed E-state index contributed by atoms with van der Waals surface area (Å²) in [6.45, 7) is 2.00. The van der Waals surface area contributed by atoms with Crippen molar-refractivity contribution in [3.8, 4) is 11.4 Å². The van der Waals surface area contributed by atoms with Gasteiger partial charge in [-0.15, -0.1) is 10.2 Å². The molecule has 0 N–H and O–H groups in total. The predicted octanol–water partition coefficient (Wildman–Crippen LogP) is 3.48. The number of hydrogen-bond acceptors (Lipinski definition) is 3. The van der Waals surface area contributed by atoms with Crippen molar-refractivity contribution >= 4 is 5.95 Å². The molecule has 5 rings (SSSR count). The quantitative estimate of drug-likeness (QED) is 0.867. The Hall–Kier alpha value is -1.91. The Balaban J connectivity index is 1.57. The Bertz CT molecular complexity index is 736. The second kappa shape index (κ2) is 5.05. The van der Waals surface area contributed by atoms with E-state index >= 15 is 0 Å². The fourth-order valence-corrected chi connectivity index (χ4v) is 4.25. The van der Waals surface area contributed by atoms with E-state index in [9.17, 15) is 4.39 Å². The SMILES string of the molecule is Fc1ccccc1-c1nnc(N2CC3CCC2C3)n1CC1CC1. The van der Waals surface area contributed by atoms with Crippen molar-refractivity contribution in [3.05, 3.63) is 30.1 Å². The molecule has 5 heteroatoms. The molecule has 0 amide bonds. The van der Waals surface area contributed by atoms with Gasteiger partial charge in [0, 0.05) is 19.1 Å². The number of aromatic nitrogens is 3. The molecule has 1 aromatic carbocycles. The standard InChI is InChI=1S/C18H21FN4/c19-16-4-2-1-3-15(16)17-20-21-18(23(17)10-12-5-6-12)22-11-13-7-8-14(22)9-13/h1-4,12-14H,5-11H2. The third kappa shape index (κ3) is 2.25. The lowest BCUT2D eigenvalue weighted by Gasteiger charge is -2.28. The fourth-order valence-electron chi connectivity index (χ4n) is 4.25. The van der Waals surface area contributed by atoms with Gasteiger partial charge in [0.2, 0.25) is 5.95 Å². The summed E-state index contributed by atoms with van der Waals surface area (Å²) in [5.74, 6) is 2.94. The number of nitrogens with zero attached hydrogens (tertiary/aromatic N) is 4. The zero-order chi connectivity index (χ0) is 15.4. The van der Waals surface area contributed by atoms with Crippen LogP contribution in [0.1, 0.15) is 32.1 Å². The van der Waals surface area contributed by atoms with Crippen molar-refractivity contribution in [2.75, 3.05) is 11.4 Å². The van der Waals surface area contributed by atoms with Crippen LogP contribution in [0.3, 0.4) is 0 Å². The summed E-state index contributed by atoms with van der Waals surface area (Å²) in [6, 6.07) is 7.51. The minimum atomic E-state index is -0.216. The Labute approximate surface area is 135 Å². The number of rotatable bonds is 4. The molecule has 1 aromatic heterocycles. The van der Waals surface area contributed by atoms with Gasteiger partial charge < -0.3 is 4.90 Å². The smallest absolute Gasteiger partial charge is 0.227 e. The lowest BCUT2D eigenvalue weighted by atomic mass is 10.1. The number of halogens is 1. The van der Waals surface area contributed by atoms with Crippen LogP contribution in [0.4, 0.5) is 10.3 Å². The molecule has 3 aliphatic rings. The van der Waals surface area contributed by atoms with Crippen LogP contribution < -0.4 is 4.90 Å². The van der Waals surface area contributed by atoms with Gasteiger partial charge in [0.05, 0.1) is 5.56 Å². The Kier molecular flexibility index (Phi) is 2.97. The van der Waals surface area contributed by atoms with E-state index in [1.165, 1.54) is 38.2 Å². The van der Waals surface area contributed by atoms with Crippen molar-refractivity contribution < 1.29 is 4.39 Å². The van der Waals surface area contributed by atoms with Gasteiger partial charge in [-0.2, -0.15) is 0 Å². The highest BCUT2D eigenvalue weighted by atomic mass is 19.1. The van der Waals surface area contributed by atoms with E-state index < -0.39 is 0 Å². The highest BCUT2D eigenvalue weighted by Gasteiger charge is 2.40. The van der Waals surface area contributed by atoms with Crippen LogP contribution in [0.25, 0.3) is 11.4 Å². The van der Waals surface area contributed by atoms with Crippen LogP contribution >= 0.6 is 0 Å². The molecular weight excluding hydrogens is 291 g/mol. The van der Waals surface area contributed by atoms with Gasteiger partial charge in [-0.3, -0.25) is 4.57 Å². The summed E-state index contributed by atoms with van der Waals surface area (Å²) in [4.78, 5) is 2.42. The molecule has 0 radical (unpaired) electrons. The fraction of sp³-hybridized carbons (Fsp3) is 0.556. The summed E-state index contributed by atoms with van der Waals surface area (Å²) in [7, 11) is 0. The van der Waals surface area contributed by atoms with Gasteiger partial charge in [-0.25, -0.2) is 4.39 Å². The molecule has 2 heterocycles. The van der Waals surface area contributed by atoms with Crippen LogP contribution in [0.15, 0.2) is 24.3 Å². The highest BCUT2D eigenvalue weighted by molar-refractivity contribution is 5.59. The van der Waals surface area contributed by atoms with Gasteiger partial charge in [0.25, 0.3) is 0 Å². The Morgan fingerprint density at radius 1 is 1.09 bits per heavy atom. The molecule has 2 aromatic rings. The molecule has 23 heavy (non-hydrogen) atoms. The molecule has 2 atom stereocenters. The summed E-state index contributed by atoms with van der Waals surface area (Å²) in [5, 5.41) is 8.87. The number of fused-ring (bicyclic) bond motifs is 2. The lowest BCUT2D eigenvalue weighted by molar-refractivity contribution is 0.530. The average molecular weight is 312 g/mol.